The van der Waals surface area contributed by atoms with Crippen LogP contribution in [0.4, 0.5) is 0 Å². The van der Waals surface area contributed by atoms with Crippen molar-refractivity contribution in [1.82, 2.24) is 0 Å². The van der Waals surface area contributed by atoms with Crippen molar-refractivity contribution in [2.45, 2.75) is 18.3 Å². The zero-order chi connectivity index (χ0) is 11.9. The third-order valence-corrected chi connectivity index (χ3v) is 2.30. The van der Waals surface area contributed by atoms with Gasteiger partial charge in [-0.05, 0) is 19.1 Å². The first-order valence-corrected chi connectivity index (χ1v) is 4.12. The normalized spacial score (nSPS) is 29.1. The number of aliphatic hydroxyl groups is 4. The van der Waals surface area contributed by atoms with E-state index in [2.05, 4.69) is 4.74 Å². The molecule has 0 aromatic carbocycles. The molecule has 0 spiro atoms. The van der Waals surface area contributed by atoms with Gasteiger partial charge in [0, 0.05) is 0 Å². The highest BCUT2D eigenvalue weighted by Gasteiger charge is 2.57. The van der Waals surface area contributed by atoms with E-state index >= 15 is 0 Å². The van der Waals surface area contributed by atoms with Gasteiger partial charge in [-0.25, -0.2) is 0 Å². The van der Waals surface area contributed by atoms with Gasteiger partial charge in [0.1, 0.15) is 0 Å². The number of ketones is 1. The first-order chi connectivity index (χ1) is 6.77. The Labute approximate surface area is 85.7 Å². The van der Waals surface area contributed by atoms with E-state index in [1.165, 1.54) is 0 Å². The third-order valence-electron chi connectivity index (χ3n) is 2.30. The van der Waals surface area contributed by atoms with Crippen LogP contribution in [0, 0.1) is 0 Å². The number of hydrogen-bond acceptors (Lipinski definition) is 6. The van der Waals surface area contributed by atoms with Gasteiger partial charge >= 0.3 is 0 Å². The lowest BCUT2D eigenvalue weighted by atomic mass is 9.83. The van der Waals surface area contributed by atoms with Crippen LogP contribution in [0.1, 0.15) is 6.92 Å². The number of methoxy groups -OCH3 is 1. The van der Waals surface area contributed by atoms with Crippen LogP contribution >= 0.6 is 0 Å². The molecular formula is C9H12O6. The maximum atomic E-state index is 11.1. The van der Waals surface area contributed by atoms with Gasteiger partial charge < -0.3 is 25.2 Å². The summed E-state index contributed by atoms with van der Waals surface area (Å²) in [5.74, 6) is -5.10. The van der Waals surface area contributed by atoms with Gasteiger partial charge in [0.15, 0.2) is 11.5 Å². The minimum absolute atomic E-state index is 0.562. The second kappa shape index (κ2) is 3.34. The Bertz CT molecular complexity index is 354. The molecular weight excluding hydrogens is 204 g/mol. The Kier molecular flexibility index (Phi) is 2.60. The van der Waals surface area contributed by atoms with Crippen LogP contribution < -0.4 is 0 Å². The second-order valence-corrected chi connectivity index (χ2v) is 3.25. The highest BCUT2D eigenvalue weighted by atomic mass is 16.6. The molecule has 84 valence electrons. The quantitative estimate of drug-likeness (QED) is 0.440. The summed E-state index contributed by atoms with van der Waals surface area (Å²) in [6.07, 6.45) is 1.76. The van der Waals surface area contributed by atoms with Crippen LogP contribution in [0.5, 0.6) is 0 Å². The van der Waals surface area contributed by atoms with Gasteiger partial charge in [0.25, 0.3) is 5.79 Å². The molecule has 6 nitrogen and oxygen atoms in total. The number of carbonyl (C=O) groups is 1. The molecule has 0 aromatic rings. The van der Waals surface area contributed by atoms with Gasteiger partial charge in [0.05, 0.1) is 7.11 Å². The van der Waals surface area contributed by atoms with Crippen molar-refractivity contribution < 1.29 is 30.0 Å². The van der Waals surface area contributed by atoms with Crippen LogP contribution in [0.15, 0.2) is 23.7 Å². The molecule has 0 radical (unpaired) electrons. The van der Waals surface area contributed by atoms with Crippen LogP contribution in [0.2, 0.25) is 0 Å². The molecule has 1 atom stereocenters. The molecule has 1 rings (SSSR count). The summed E-state index contributed by atoms with van der Waals surface area (Å²) in [6.45, 7) is 0.987. The molecule has 1 aliphatic rings. The fourth-order valence-corrected chi connectivity index (χ4v) is 1.35. The maximum absolute atomic E-state index is 11.1. The Morgan fingerprint density at radius 1 is 1.40 bits per heavy atom. The summed E-state index contributed by atoms with van der Waals surface area (Å²) in [7, 11) is 1.08. The Balaban J connectivity index is 3.34. The van der Waals surface area contributed by atoms with Crippen LogP contribution in [0.25, 0.3) is 0 Å². The molecule has 0 amide bonds. The number of carbonyl (C=O) groups excluding carboxylic acids is 1. The van der Waals surface area contributed by atoms with E-state index in [9.17, 15) is 25.2 Å². The van der Waals surface area contributed by atoms with Crippen molar-refractivity contribution in [1.29, 1.82) is 0 Å². The van der Waals surface area contributed by atoms with Crippen molar-refractivity contribution in [3.05, 3.63) is 23.7 Å². The molecule has 0 aliphatic heterocycles. The molecule has 0 heterocycles. The SMILES string of the molecule is COC1=C(O)C=C[C@](O)(C(C)=O)C1(O)O. The van der Waals surface area contributed by atoms with Crippen molar-refractivity contribution in [2.75, 3.05) is 7.11 Å². The van der Waals surface area contributed by atoms with E-state index < -0.39 is 28.7 Å². The molecule has 0 fully saturated rings. The van der Waals surface area contributed by atoms with Gasteiger partial charge in [-0.15, -0.1) is 0 Å². The summed E-state index contributed by atoms with van der Waals surface area (Å²) < 4.78 is 4.53. The Morgan fingerprint density at radius 3 is 2.33 bits per heavy atom. The third kappa shape index (κ3) is 1.43. The van der Waals surface area contributed by atoms with E-state index in [-0.39, 0.29) is 0 Å². The monoisotopic (exact) mass is 216 g/mol. The molecule has 6 heteroatoms. The minimum Gasteiger partial charge on any atom is -0.504 e. The number of aliphatic hydroxyl groups excluding tert-OH is 1. The summed E-state index contributed by atoms with van der Waals surface area (Å²) in [4.78, 5) is 11.1. The zero-order valence-corrected chi connectivity index (χ0v) is 8.26. The summed E-state index contributed by atoms with van der Waals surface area (Å²) in [6, 6.07) is 0. The Morgan fingerprint density at radius 2 is 1.93 bits per heavy atom. The van der Waals surface area contributed by atoms with Gasteiger partial charge in [0.2, 0.25) is 11.4 Å². The summed E-state index contributed by atoms with van der Waals surface area (Å²) in [5, 5.41) is 38.1. The van der Waals surface area contributed by atoms with E-state index in [4.69, 9.17) is 0 Å². The number of rotatable bonds is 2. The minimum atomic E-state index is -2.98. The standard InChI is InChI=1S/C9H12O6/c1-5(10)8(12)4-3-6(11)7(15-2)9(8,13)14/h3-4,11-14H,1-2H3/t8-/m0/s1. The Hall–Kier alpha value is -1.37. The largest absolute Gasteiger partial charge is 0.504 e. The fourth-order valence-electron chi connectivity index (χ4n) is 1.35. The summed E-state index contributed by atoms with van der Waals surface area (Å²) in [5.41, 5.74) is -2.52. The molecule has 1 aliphatic carbocycles. The lowest BCUT2D eigenvalue weighted by Gasteiger charge is -2.37. The van der Waals surface area contributed by atoms with Crippen molar-refractivity contribution in [3.63, 3.8) is 0 Å². The van der Waals surface area contributed by atoms with E-state index in [1.807, 2.05) is 0 Å². The number of allylic oxidation sites excluding steroid dienone is 1. The maximum Gasteiger partial charge on any atom is 0.267 e. The van der Waals surface area contributed by atoms with Crippen molar-refractivity contribution >= 4 is 5.78 Å². The first kappa shape index (κ1) is 11.7. The zero-order valence-electron chi connectivity index (χ0n) is 8.26. The van der Waals surface area contributed by atoms with Crippen molar-refractivity contribution in [3.8, 4) is 0 Å². The highest BCUT2D eigenvalue weighted by molar-refractivity contribution is 5.89. The molecule has 0 saturated heterocycles. The molecule has 0 unspecified atom stereocenters. The average Bonchev–Trinajstić information content (AvgIpc) is 2.12. The molecule has 0 saturated carbocycles. The first-order valence-electron chi connectivity index (χ1n) is 4.12. The van der Waals surface area contributed by atoms with Gasteiger partial charge in [-0.3, -0.25) is 4.79 Å². The van der Waals surface area contributed by atoms with Crippen molar-refractivity contribution in [2.24, 2.45) is 0 Å². The van der Waals surface area contributed by atoms with E-state index in [1.54, 1.807) is 0 Å². The number of Topliss-reactive ketones (excluding diaryl/α,β-unsaturated/α-hetero) is 1. The number of hydrogen-bond donors (Lipinski definition) is 4. The molecule has 4 N–H and O–H groups in total. The predicted molar refractivity (Wildman–Crippen MR) is 48.6 cm³/mol. The van der Waals surface area contributed by atoms with Crippen LogP contribution in [0.3, 0.4) is 0 Å². The highest BCUT2D eigenvalue weighted by Crippen LogP contribution is 2.35. The van der Waals surface area contributed by atoms with Gasteiger partial charge in [-0.2, -0.15) is 0 Å². The second-order valence-electron chi connectivity index (χ2n) is 3.25. The van der Waals surface area contributed by atoms with E-state index in [0.29, 0.717) is 0 Å². The lowest BCUT2D eigenvalue weighted by molar-refractivity contribution is -0.244. The van der Waals surface area contributed by atoms with E-state index in [0.717, 1.165) is 26.2 Å². The van der Waals surface area contributed by atoms with Crippen LogP contribution in [-0.2, 0) is 9.53 Å². The smallest absolute Gasteiger partial charge is 0.267 e. The summed E-state index contributed by atoms with van der Waals surface area (Å²) >= 11 is 0. The fraction of sp³-hybridized carbons (Fsp3) is 0.444. The number of ether oxygens (including phenoxy) is 1. The average molecular weight is 216 g/mol. The molecule has 15 heavy (non-hydrogen) atoms. The topological polar surface area (TPSA) is 107 Å². The molecule has 0 aromatic heterocycles. The molecule has 0 bridgehead atoms. The van der Waals surface area contributed by atoms with Gasteiger partial charge in [-0.1, -0.05) is 0 Å². The lowest BCUT2D eigenvalue weighted by Crippen LogP contribution is -2.60. The van der Waals surface area contributed by atoms with Crippen LogP contribution in [-0.4, -0.2) is 44.7 Å². The predicted octanol–water partition coefficient (Wildman–Crippen LogP) is -1.03.